The zero-order valence-electron chi connectivity index (χ0n) is 13.8. The molecule has 0 heterocycles. The van der Waals surface area contributed by atoms with Gasteiger partial charge in [-0.3, -0.25) is 4.79 Å². The Bertz CT molecular complexity index is 287. The summed E-state index contributed by atoms with van der Waals surface area (Å²) in [4.78, 5) is 12.1. The van der Waals surface area contributed by atoms with Gasteiger partial charge >= 0.3 is 0 Å². The highest BCUT2D eigenvalue weighted by molar-refractivity contribution is 5.78. The standard InChI is InChI=1S/C17H33NO/c1-16(2,3)11-13-7-9-14(10-8-13)15(19)18-12-17(4,5)6/h13-14H,7-12H2,1-6H3,(H,18,19). The normalized spacial score (nSPS) is 25.2. The first kappa shape index (κ1) is 16.5. The van der Waals surface area contributed by atoms with Gasteiger partial charge in [-0.1, -0.05) is 41.5 Å². The minimum Gasteiger partial charge on any atom is -0.355 e. The third-order valence-electron chi connectivity index (χ3n) is 3.91. The summed E-state index contributed by atoms with van der Waals surface area (Å²) >= 11 is 0. The van der Waals surface area contributed by atoms with E-state index < -0.39 is 0 Å². The summed E-state index contributed by atoms with van der Waals surface area (Å²) in [6, 6.07) is 0. The van der Waals surface area contributed by atoms with Gasteiger partial charge in [0.05, 0.1) is 0 Å². The molecular formula is C17H33NO. The van der Waals surface area contributed by atoms with Crippen LogP contribution in [-0.4, -0.2) is 12.5 Å². The van der Waals surface area contributed by atoms with E-state index in [2.05, 4.69) is 46.9 Å². The van der Waals surface area contributed by atoms with Gasteiger partial charge in [0.1, 0.15) is 0 Å². The van der Waals surface area contributed by atoms with Crippen molar-refractivity contribution < 1.29 is 4.79 Å². The average Bonchev–Trinajstić information content (AvgIpc) is 2.23. The van der Waals surface area contributed by atoms with Crippen molar-refractivity contribution in [3.8, 4) is 0 Å². The van der Waals surface area contributed by atoms with Gasteiger partial charge in [-0.15, -0.1) is 0 Å². The van der Waals surface area contributed by atoms with Crippen LogP contribution in [0.3, 0.4) is 0 Å². The zero-order chi connectivity index (χ0) is 14.7. The SMILES string of the molecule is CC(C)(C)CNC(=O)C1CCC(CC(C)(C)C)CC1. The largest absolute Gasteiger partial charge is 0.355 e. The first-order valence-corrected chi connectivity index (χ1v) is 7.84. The van der Waals surface area contributed by atoms with Crippen LogP contribution in [-0.2, 0) is 4.79 Å². The summed E-state index contributed by atoms with van der Waals surface area (Å²) in [7, 11) is 0. The van der Waals surface area contributed by atoms with Gasteiger partial charge in [0, 0.05) is 12.5 Å². The fourth-order valence-corrected chi connectivity index (χ4v) is 2.99. The van der Waals surface area contributed by atoms with E-state index in [1.807, 2.05) is 0 Å². The molecule has 1 aliphatic rings. The lowest BCUT2D eigenvalue weighted by Crippen LogP contribution is -2.38. The summed E-state index contributed by atoms with van der Waals surface area (Å²) in [6.07, 6.45) is 5.91. The molecular weight excluding hydrogens is 234 g/mol. The third-order valence-corrected chi connectivity index (χ3v) is 3.91. The van der Waals surface area contributed by atoms with Crippen molar-refractivity contribution in [1.29, 1.82) is 0 Å². The second kappa shape index (κ2) is 6.28. The summed E-state index contributed by atoms with van der Waals surface area (Å²) in [5.41, 5.74) is 0.602. The number of carbonyl (C=O) groups is 1. The number of rotatable bonds is 3. The van der Waals surface area contributed by atoms with Crippen LogP contribution in [0.25, 0.3) is 0 Å². The highest BCUT2D eigenvalue weighted by Crippen LogP contribution is 2.36. The molecule has 1 fully saturated rings. The Morgan fingerprint density at radius 2 is 1.47 bits per heavy atom. The monoisotopic (exact) mass is 267 g/mol. The summed E-state index contributed by atoms with van der Waals surface area (Å²) < 4.78 is 0. The first-order chi connectivity index (χ1) is 8.57. The minimum absolute atomic E-state index is 0.180. The van der Waals surface area contributed by atoms with E-state index in [1.165, 1.54) is 19.3 Å². The van der Waals surface area contributed by atoms with Crippen molar-refractivity contribution in [3.63, 3.8) is 0 Å². The van der Waals surface area contributed by atoms with Crippen molar-refractivity contribution >= 4 is 5.91 Å². The van der Waals surface area contributed by atoms with Crippen molar-refractivity contribution in [2.24, 2.45) is 22.7 Å². The zero-order valence-corrected chi connectivity index (χ0v) is 13.8. The van der Waals surface area contributed by atoms with E-state index in [1.54, 1.807) is 0 Å². The quantitative estimate of drug-likeness (QED) is 0.807. The molecule has 1 amide bonds. The summed E-state index contributed by atoms with van der Waals surface area (Å²) in [6.45, 7) is 14.2. The smallest absolute Gasteiger partial charge is 0.223 e. The molecule has 2 heteroatoms. The predicted molar refractivity (Wildman–Crippen MR) is 82.0 cm³/mol. The van der Waals surface area contributed by atoms with E-state index in [9.17, 15) is 4.79 Å². The minimum atomic E-state index is 0.180. The summed E-state index contributed by atoms with van der Waals surface area (Å²) in [5.74, 6) is 1.37. The summed E-state index contributed by atoms with van der Waals surface area (Å²) in [5, 5.41) is 3.12. The van der Waals surface area contributed by atoms with Crippen LogP contribution >= 0.6 is 0 Å². The second-order valence-corrected chi connectivity index (χ2v) is 8.76. The fourth-order valence-electron chi connectivity index (χ4n) is 2.99. The molecule has 19 heavy (non-hydrogen) atoms. The third kappa shape index (κ3) is 6.98. The lowest BCUT2D eigenvalue weighted by molar-refractivity contribution is -0.126. The van der Waals surface area contributed by atoms with Crippen LogP contribution in [0.4, 0.5) is 0 Å². The molecule has 0 aromatic heterocycles. The van der Waals surface area contributed by atoms with Gasteiger partial charge in [-0.05, 0) is 48.9 Å². The number of amides is 1. The molecule has 0 bridgehead atoms. The Morgan fingerprint density at radius 3 is 1.89 bits per heavy atom. The molecule has 0 aromatic rings. The van der Waals surface area contributed by atoms with Gasteiger partial charge < -0.3 is 5.32 Å². The lowest BCUT2D eigenvalue weighted by atomic mass is 9.74. The second-order valence-electron chi connectivity index (χ2n) is 8.76. The maximum atomic E-state index is 12.1. The van der Waals surface area contributed by atoms with Gasteiger partial charge in [0.15, 0.2) is 0 Å². The van der Waals surface area contributed by atoms with E-state index in [4.69, 9.17) is 0 Å². The Kier molecular flexibility index (Phi) is 5.46. The van der Waals surface area contributed by atoms with Crippen LogP contribution in [0.15, 0.2) is 0 Å². The van der Waals surface area contributed by atoms with E-state index >= 15 is 0 Å². The Labute approximate surface area is 119 Å². The molecule has 1 saturated carbocycles. The molecule has 112 valence electrons. The molecule has 0 spiro atoms. The molecule has 0 aromatic carbocycles. The molecule has 0 aliphatic heterocycles. The van der Waals surface area contributed by atoms with Crippen LogP contribution in [0.5, 0.6) is 0 Å². The van der Waals surface area contributed by atoms with Crippen molar-refractivity contribution in [1.82, 2.24) is 5.32 Å². The van der Waals surface area contributed by atoms with Crippen molar-refractivity contribution in [2.45, 2.75) is 73.6 Å². The van der Waals surface area contributed by atoms with Gasteiger partial charge in [-0.25, -0.2) is 0 Å². The van der Waals surface area contributed by atoms with Crippen LogP contribution in [0.1, 0.15) is 73.6 Å². The molecule has 1 N–H and O–H groups in total. The van der Waals surface area contributed by atoms with Gasteiger partial charge in [0.25, 0.3) is 0 Å². The van der Waals surface area contributed by atoms with Crippen molar-refractivity contribution in [2.75, 3.05) is 6.54 Å². The molecule has 0 atom stereocenters. The van der Waals surface area contributed by atoms with Gasteiger partial charge in [0.2, 0.25) is 5.91 Å². The molecule has 0 saturated heterocycles. The van der Waals surface area contributed by atoms with Gasteiger partial charge in [-0.2, -0.15) is 0 Å². The maximum Gasteiger partial charge on any atom is 0.223 e. The highest BCUT2D eigenvalue weighted by atomic mass is 16.1. The highest BCUT2D eigenvalue weighted by Gasteiger charge is 2.28. The lowest BCUT2D eigenvalue weighted by Gasteiger charge is -2.32. The van der Waals surface area contributed by atoms with Crippen LogP contribution in [0.2, 0.25) is 0 Å². The number of nitrogens with one attached hydrogen (secondary N) is 1. The predicted octanol–water partition coefficient (Wildman–Crippen LogP) is 4.39. The maximum absolute atomic E-state index is 12.1. The van der Waals surface area contributed by atoms with E-state index in [-0.39, 0.29) is 17.2 Å². The Morgan fingerprint density at radius 1 is 0.947 bits per heavy atom. The topological polar surface area (TPSA) is 29.1 Å². The number of hydrogen-bond acceptors (Lipinski definition) is 1. The van der Waals surface area contributed by atoms with Crippen LogP contribution in [0, 0.1) is 22.7 Å². The molecule has 0 unspecified atom stereocenters. The Balaban J connectivity index is 2.31. The first-order valence-electron chi connectivity index (χ1n) is 7.84. The average molecular weight is 267 g/mol. The molecule has 1 aliphatic carbocycles. The van der Waals surface area contributed by atoms with E-state index in [0.717, 1.165) is 25.3 Å². The van der Waals surface area contributed by atoms with Crippen LogP contribution < -0.4 is 5.32 Å². The van der Waals surface area contributed by atoms with Crippen molar-refractivity contribution in [3.05, 3.63) is 0 Å². The molecule has 2 nitrogen and oxygen atoms in total. The van der Waals surface area contributed by atoms with E-state index in [0.29, 0.717) is 5.41 Å². The number of carbonyl (C=O) groups excluding carboxylic acids is 1. The molecule has 0 radical (unpaired) electrons. The Hall–Kier alpha value is -0.530. The fraction of sp³-hybridized carbons (Fsp3) is 0.941. The number of hydrogen-bond donors (Lipinski definition) is 1. The molecule has 1 rings (SSSR count).